The Balaban J connectivity index is 1.85. The first-order valence-corrected chi connectivity index (χ1v) is 9.63. The van der Waals surface area contributed by atoms with E-state index in [-0.39, 0.29) is 5.70 Å². The fraction of sp³-hybridized carbons (Fsp3) is 0.238. The molecular weight excluding hydrogens is 457 g/mol. The minimum absolute atomic E-state index is 0.251. The van der Waals surface area contributed by atoms with Crippen LogP contribution in [0.25, 0.3) is 6.08 Å². The number of esters is 1. The maximum absolute atomic E-state index is 12.2. The van der Waals surface area contributed by atoms with Crippen molar-refractivity contribution in [3.8, 4) is 11.5 Å². The van der Waals surface area contributed by atoms with E-state index in [1.807, 2.05) is 42.5 Å². The Morgan fingerprint density at radius 1 is 1.15 bits per heavy atom. The molecule has 0 atom stereocenters. The number of nitrogens with zero attached hydrogens (tertiary/aromatic N) is 1. The number of carbonyl (C=O) groups excluding carboxylic acids is 1. The number of ether oxygens (including phenoxy) is 3. The molecule has 1 aliphatic heterocycles. The van der Waals surface area contributed by atoms with E-state index < -0.39 is 5.97 Å². The van der Waals surface area contributed by atoms with Crippen molar-refractivity contribution in [1.29, 1.82) is 0 Å². The molecule has 0 N–H and O–H groups in total. The van der Waals surface area contributed by atoms with E-state index in [9.17, 15) is 4.79 Å². The van der Waals surface area contributed by atoms with E-state index in [2.05, 4.69) is 41.4 Å². The fourth-order valence-electron chi connectivity index (χ4n) is 2.43. The summed E-state index contributed by atoms with van der Waals surface area (Å²) in [6.45, 7) is 4.77. The van der Waals surface area contributed by atoms with E-state index >= 15 is 0 Å². The van der Waals surface area contributed by atoms with Crippen LogP contribution in [0.1, 0.15) is 25.0 Å². The number of cyclic esters (lactones) is 1. The topological polar surface area (TPSA) is 57.1 Å². The van der Waals surface area contributed by atoms with Crippen molar-refractivity contribution < 1.29 is 19.0 Å². The van der Waals surface area contributed by atoms with Crippen molar-refractivity contribution in [1.82, 2.24) is 0 Å². The van der Waals surface area contributed by atoms with Crippen molar-refractivity contribution in [3.63, 3.8) is 0 Å². The summed E-state index contributed by atoms with van der Waals surface area (Å²) in [5, 5.41) is 0. The average molecular weight is 477 g/mol. The lowest BCUT2D eigenvalue weighted by Gasteiger charge is -2.12. The Kier molecular flexibility index (Phi) is 6.15. The van der Waals surface area contributed by atoms with Gasteiger partial charge in [0.15, 0.2) is 17.2 Å². The highest BCUT2D eigenvalue weighted by Crippen LogP contribution is 2.30. The van der Waals surface area contributed by atoms with Gasteiger partial charge >= 0.3 is 5.97 Å². The van der Waals surface area contributed by atoms with E-state index in [0.717, 1.165) is 14.7 Å². The average Bonchev–Trinajstić information content (AvgIpc) is 3.01. The molecule has 0 saturated heterocycles. The van der Waals surface area contributed by atoms with Crippen LogP contribution < -0.4 is 9.47 Å². The van der Waals surface area contributed by atoms with Gasteiger partial charge in [-0.1, -0.05) is 19.9 Å². The molecule has 0 amide bonds. The van der Waals surface area contributed by atoms with Crippen molar-refractivity contribution in [3.05, 3.63) is 62.9 Å². The second kappa shape index (κ2) is 8.56. The Labute approximate surface area is 172 Å². The zero-order valence-electron chi connectivity index (χ0n) is 15.4. The molecule has 0 aliphatic carbocycles. The molecule has 2 aromatic rings. The largest absolute Gasteiger partial charge is 0.493 e. The molecule has 0 saturated carbocycles. The zero-order valence-corrected chi connectivity index (χ0v) is 17.5. The number of hydrogen-bond acceptors (Lipinski definition) is 5. The highest BCUT2D eigenvalue weighted by Gasteiger charge is 2.24. The number of hydrogen-bond donors (Lipinski definition) is 0. The highest BCUT2D eigenvalue weighted by atomic mass is 127. The van der Waals surface area contributed by atoms with Gasteiger partial charge in [0.05, 0.1) is 13.7 Å². The molecule has 0 radical (unpaired) electrons. The molecule has 140 valence electrons. The van der Waals surface area contributed by atoms with Crippen LogP contribution >= 0.6 is 22.6 Å². The van der Waals surface area contributed by atoms with Crippen LogP contribution in [0.3, 0.4) is 0 Å². The molecule has 0 aromatic heterocycles. The molecule has 3 rings (SSSR count). The Hall–Kier alpha value is -2.35. The van der Waals surface area contributed by atoms with Crippen molar-refractivity contribution in [2.75, 3.05) is 13.7 Å². The number of carbonyl (C=O) groups is 1. The number of aliphatic imine (C=N–C) groups is 1. The summed E-state index contributed by atoms with van der Waals surface area (Å²) in [6, 6.07) is 13.1. The molecule has 5 nitrogen and oxygen atoms in total. The van der Waals surface area contributed by atoms with E-state index in [1.165, 1.54) is 0 Å². The maximum atomic E-state index is 12.2. The molecular formula is C21H20INO4. The normalized spacial score (nSPS) is 15.1. The number of rotatable bonds is 6. The summed E-state index contributed by atoms with van der Waals surface area (Å²) < 4.78 is 17.6. The van der Waals surface area contributed by atoms with E-state index in [4.69, 9.17) is 14.2 Å². The third kappa shape index (κ3) is 4.88. The molecule has 1 aliphatic rings. The van der Waals surface area contributed by atoms with Gasteiger partial charge in [-0.15, -0.1) is 0 Å². The van der Waals surface area contributed by atoms with Crippen molar-refractivity contribution in [2.24, 2.45) is 10.9 Å². The molecule has 0 unspecified atom stereocenters. The summed E-state index contributed by atoms with van der Waals surface area (Å²) in [6.07, 6.45) is 1.68. The van der Waals surface area contributed by atoms with Gasteiger partial charge in [-0.2, -0.15) is 0 Å². The smallest absolute Gasteiger partial charge is 0.363 e. The lowest BCUT2D eigenvalue weighted by molar-refractivity contribution is -0.129. The molecule has 0 fully saturated rings. The molecule has 0 bridgehead atoms. The number of halogens is 1. The Bertz CT molecular complexity index is 901. The van der Waals surface area contributed by atoms with Gasteiger partial charge in [0.2, 0.25) is 5.90 Å². The molecule has 1 heterocycles. The summed E-state index contributed by atoms with van der Waals surface area (Å²) >= 11 is 2.22. The third-order valence-electron chi connectivity index (χ3n) is 3.77. The van der Waals surface area contributed by atoms with Crippen LogP contribution in [-0.4, -0.2) is 25.6 Å². The van der Waals surface area contributed by atoms with Crippen LogP contribution in [-0.2, 0) is 9.53 Å². The van der Waals surface area contributed by atoms with Crippen LogP contribution in [0.15, 0.2) is 53.2 Å². The molecule has 27 heavy (non-hydrogen) atoms. The van der Waals surface area contributed by atoms with Crippen LogP contribution in [0.2, 0.25) is 0 Å². The summed E-state index contributed by atoms with van der Waals surface area (Å²) in [4.78, 5) is 16.5. The Morgan fingerprint density at radius 2 is 1.89 bits per heavy atom. The van der Waals surface area contributed by atoms with Gasteiger partial charge in [0, 0.05) is 9.13 Å². The molecule has 0 spiro atoms. The van der Waals surface area contributed by atoms with Crippen LogP contribution in [0.5, 0.6) is 11.5 Å². The fourth-order valence-corrected chi connectivity index (χ4v) is 2.79. The second-order valence-corrected chi connectivity index (χ2v) is 7.70. The monoisotopic (exact) mass is 477 g/mol. The van der Waals surface area contributed by atoms with Gasteiger partial charge in [-0.25, -0.2) is 9.79 Å². The SMILES string of the molecule is COc1cc(/C=C2\N=C(c3ccc(I)cc3)OC2=O)ccc1OCC(C)C. The second-order valence-electron chi connectivity index (χ2n) is 6.46. The van der Waals surface area contributed by atoms with Gasteiger partial charge < -0.3 is 14.2 Å². The van der Waals surface area contributed by atoms with Gasteiger partial charge in [0.25, 0.3) is 0 Å². The zero-order chi connectivity index (χ0) is 19.4. The lowest BCUT2D eigenvalue weighted by atomic mass is 10.1. The predicted molar refractivity (Wildman–Crippen MR) is 113 cm³/mol. The van der Waals surface area contributed by atoms with E-state index in [1.54, 1.807) is 13.2 Å². The quantitative estimate of drug-likeness (QED) is 0.345. The number of benzene rings is 2. The van der Waals surface area contributed by atoms with Crippen LogP contribution in [0.4, 0.5) is 0 Å². The van der Waals surface area contributed by atoms with Gasteiger partial charge in [0.1, 0.15) is 0 Å². The van der Waals surface area contributed by atoms with Crippen LogP contribution in [0, 0.1) is 9.49 Å². The minimum atomic E-state index is -0.470. The van der Waals surface area contributed by atoms with Crippen molar-refractivity contribution >= 4 is 40.5 Å². The molecule has 2 aromatic carbocycles. The number of methoxy groups -OCH3 is 1. The standard InChI is InChI=1S/C21H20INO4/c1-13(2)12-26-18-9-4-14(11-19(18)25-3)10-17-21(24)27-20(23-17)15-5-7-16(22)8-6-15/h4-11,13H,12H2,1-3H3/b17-10-. The van der Waals surface area contributed by atoms with E-state index in [0.29, 0.717) is 29.9 Å². The molecule has 6 heteroatoms. The summed E-state index contributed by atoms with van der Waals surface area (Å²) in [5.74, 6) is 1.54. The van der Waals surface area contributed by atoms with Gasteiger partial charge in [-0.3, -0.25) is 0 Å². The third-order valence-corrected chi connectivity index (χ3v) is 4.49. The van der Waals surface area contributed by atoms with Gasteiger partial charge in [-0.05, 0) is 76.5 Å². The first kappa shape index (κ1) is 19.4. The summed E-state index contributed by atoms with van der Waals surface area (Å²) in [7, 11) is 1.59. The first-order chi connectivity index (χ1) is 13.0. The first-order valence-electron chi connectivity index (χ1n) is 8.55. The highest BCUT2D eigenvalue weighted by molar-refractivity contribution is 14.1. The summed E-state index contributed by atoms with van der Waals surface area (Å²) in [5.41, 5.74) is 1.80. The van der Waals surface area contributed by atoms with Crippen molar-refractivity contribution in [2.45, 2.75) is 13.8 Å². The predicted octanol–water partition coefficient (Wildman–Crippen LogP) is 4.68. The minimum Gasteiger partial charge on any atom is -0.493 e. The Morgan fingerprint density at radius 3 is 2.56 bits per heavy atom. The maximum Gasteiger partial charge on any atom is 0.363 e. The lowest BCUT2D eigenvalue weighted by Crippen LogP contribution is -2.05.